The van der Waals surface area contributed by atoms with E-state index in [4.69, 9.17) is 0 Å². The third-order valence-corrected chi connectivity index (χ3v) is 6.23. The highest BCUT2D eigenvalue weighted by atomic mass is 16.2. The third kappa shape index (κ3) is 4.25. The van der Waals surface area contributed by atoms with Gasteiger partial charge in [-0.15, -0.1) is 0 Å². The zero-order chi connectivity index (χ0) is 22.0. The van der Waals surface area contributed by atoms with Crippen LogP contribution in [0.1, 0.15) is 54.2 Å². The number of Topliss-reactive ketones (excluding diaryl/α,β-unsaturated/α-hetero) is 1. The number of benzene rings is 2. The molecule has 2 heterocycles. The first-order valence-electron chi connectivity index (χ1n) is 10.9. The summed E-state index contributed by atoms with van der Waals surface area (Å²) in [5.74, 6) is 0.0987. The molecule has 0 bridgehead atoms. The lowest BCUT2D eigenvalue weighted by atomic mass is 9.88. The molecular weight excluding hydrogens is 386 g/mol. The molecule has 0 spiro atoms. The molecule has 0 radical (unpaired) electrons. The molecule has 3 aromatic rings. The maximum atomic E-state index is 12.9. The Hall–Kier alpha value is -3.39. The predicted octanol–water partition coefficient (Wildman–Crippen LogP) is 4.76. The molecule has 5 heteroatoms. The Morgan fingerprint density at radius 1 is 1.10 bits per heavy atom. The maximum Gasteiger partial charge on any atom is 0.255 e. The lowest BCUT2D eigenvalue weighted by Crippen LogP contribution is -2.40. The van der Waals surface area contributed by atoms with Crippen molar-refractivity contribution in [2.75, 3.05) is 13.1 Å². The third-order valence-electron chi connectivity index (χ3n) is 6.23. The van der Waals surface area contributed by atoms with Crippen LogP contribution < -0.4 is 0 Å². The monoisotopic (exact) mass is 413 g/mol. The van der Waals surface area contributed by atoms with Gasteiger partial charge in [0.1, 0.15) is 5.78 Å². The Balaban J connectivity index is 1.38. The molecule has 0 unspecified atom stereocenters. The van der Waals surface area contributed by atoms with Gasteiger partial charge in [0.25, 0.3) is 5.91 Å². The van der Waals surface area contributed by atoms with Gasteiger partial charge in [0, 0.05) is 43.2 Å². The van der Waals surface area contributed by atoms with Crippen LogP contribution >= 0.6 is 0 Å². The van der Waals surface area contributed by atoms with Gasteiger partial charge in [-0.25, -0.2) is 0 Å². The molecule has 1 saturated heterocycles. The number of hydrogen-bond donors (Lipinski definition) is 0. The van der Waals surface area contributed by atoms with Crippen molar-refractivity contribution >= 4 is 22.6 Å². The van der Waals surface area contributed by atoms with E-state index in [1.807, 2.05) is 0 Å². The Bertz CT molecular complexity index is 1160. The van der Waals surface area contributed by atoms with Gasteiger partial charge in [0.2, 0.25) is 0 Å². The van der Waals surface area contributed by atoms with Crippen LogP contribution in [-0.4, -0.2) is 34.2 Å². The normalized spacial score (nSPS) is 14.7. The minimum absolute atomic E-state index is 0.0220. The Morgan fingerprint density at radius 3 is 2.55 bits per heavy atom. The van der Waals surface area contributed by atoms with E-state index in [2.05, 4.69) is 54.9 Å². The molecule has 1 amide bonds. The number of carbonyl (C=O) groups is 2. The first-order chi connectivity index (χ1) is 15.0. The van der Waals surface area contributed by atoms with Crippen LogP contribution in [0, 0.1) is 17.2 Å². The molecule has 0 aliphatic carbocycles. The summed E-state index contributed by atoms with van der Waals surface area (Å²) in [6, 6.07) is 17.8. The van der Waals surface area contributed by atoms with Gasteiger partial charge >= 0.3 is 0 Å². The van der Waals surface area contributed by atoms with E-state index < -0.39 is 0 Å². The topological polar surface area (TPSA) is 66.1 Å². The summed E-state index contributed by atoms with van der Waals surface area (Å²) in [7, 11) is 0. The van der Waals surface area contributed by atoms with Crippen LogP contribution in [0.2, 0.25) is 0 Å². The molecule has 5 nitrogen and oxygen atoms in total. The van der Waals surface area contributed by atoms with Crippen LogP contribution in [0.4, 0.5) is 0 Å². The zero-order valence-electron chi connectivity index (χ0n) is 18.0. The minimum atomic E-state index is -0.122. The van der Waals surface area contributed by atoms with E-state index in [1.165, 1.54) is 5.52 Å². The first kappa shape index (κ1) is 20.9. The molecule has 1 aliphatic rings. The second-order valence-electron chi connectivity index (χ2n) is 8.58. The highest BCUT2D eigenvalue weighted by molar-refractivity contribution is 5.97. The second-order valence-corrected chi connectivity index (χ2v) is 8.58. The van der Waals surface area contributed by atoms with E-state index in [9.17, 15) is 14.9 Å². The summed E-state index contributed by atoms with van der Waals surface area (Å²) in [4.78, 5) is 27.5. The van der Waals surface area contributed by atoms with Crippen molar-refractivity contribution in [3.05, 3.63) is 71.4 Å². The fourth-order valence-electron chi connectivity index (χ4n) is 4.46. The minimum Gasteiger partial charge on any atom is -0.345 e. The van der Waals surface area contributed by atoms with Crippen molar-refractivity contribution in [2.24, 2.45) is 5.92 Å². The average Bonchev–Trinajstić information content (AvgIpc) is 3.22. The molecule has 2 aromatic carbocycles. The summed E-state index contributed by atoms with van der Waals surface area (Å²) >= 11 is 0. The SMILES string of the molecule is CC(C)n1ccc2cc(CC(=O)C3CCN(C(=O)c4ccccc4C#N)CC3)ccc21. The van der Waals surface area contributed by atoms with Crippen LogP contribution in [0.15, 0.2) is 54.7 Å². The highest BCUT2D eigenvalue weighted by Crippen LogP contribution is 2.25. The molecule has 1 fully saturated rings. The van der Waals surface area contributed by atoms with E-state index in [-0.39, 0.29) is 17.6 Å². The largest absolute Gasteiger partial charge is 0.345 e. The van der Waals surface area contributed by atoms with Crippen molar-refractivity contribution in [1.29, 1.82) is 5.26 Å². The molecule has 1 aliphatic heterocycles. The molecule has 4 rings (SSSR count). The Morgan fingerprint density at radius 2 is 1.84 bits per heavy atom. The van der Waals surface area contributed by atoms with Gasteiger partial charge in [0.15, 0.2) is 0 Å². The number of piperidine rings is 1. The average molecular weight is 414 g/mol. The fraction of sp³-hybridized carbons (Fsp3) is 0.346. The van der Waals surface area contributed by atoms with Gasteiger partial charge in [-0.2, -0.15) is 5.26 Å². The predicted molar refractivity (Wildman–Crippen MR) is 121 cm³/mol. The second kappa shape index (κ2) is 8.77. The number of rotatable bonds is 5. The smallest absolute Gasteiger partial charge is 0.255 e. The number of ketones is 1. The number of nitrogens with zero attached hydrogens (tertiary/aromatic N) is 3. The number of aromatic nitrogens is 1. The van der Waals surface area contributed by atoms with E-state index in [0.717, 1.165) is 10.9 Å². The number of likely N-dealkylation sites (tertiary alicyclic amines) is 1. The number of amides is 1. The summed E-state index contributed by atoms with van der Waals surface area (Å²) in [5, 5.41) is 10.4. The number of carbonyl (C=O) groups excluding carboxylic acids is 2. The van der Waals surface area contributed by atoms with Gasteiger partial charge in [-0.1, -0.05) is 18.2 Å². The Kier molecular flexibility index (Phi) is 5.90. The van der Waals surface area contributed by atoms with E-state index >= 15 is 0 Å². The van der Waals surface area contributed by atoms with Gasteiger partial charge in [0.05, 0.1) is 17.2 Å². The first-order valence-corrected chi connectivity index (χ1v) is 10.9. The van der Waals surface area contributed by atoms with Crippen LogP contribution in [0.3, 0.4) is 0 Å². The number of nitriles is 1. The fourth-order valence-corrected chi connectivity index (χ4v) is 4.46. The molecule has 0 N–H and O–H groups in total. The van der Waals surface area contributed by atoms with Crippen molar-refractivity contribution in [1.82, 2.24) is 9.47 Å². The molecule has 1 aromatic heterocycles. The standard InChI is InChI=1S/C26H27N3O2/c1-18(2)29-14-11-21-15-19(7-8-24(21)29)16-25(30)20-9-12-28(13-10-20)26(31)23-6-4-3-5-22(23)17-27/h3-8,11,14-15,18,20H,9-10,12-13,16H2,1-2H3. The summed E-state index contributed by atoms with van der Waals surface area (Å²) in [5.41, 5.74) is 3.07. The lowest BCUT2D eigenvalue weighted by Gasteiger charge is -2.31. The summed E-state index contributed by atoms with van der Waals surface area (Å²) < 4.78 is 2.23. The van der Waals surface area contributed by atoms with Crippen LogP contribution in [0.25, 0.3) is 10.9 Å². The van der Waals surface area contributed by atoms with E-state index in [1.54, 1.807) is 29.2 Å². The molecule has 158 valence electrons. The van der Waals surface area contributed by atoms with Crippen molar-refractivity contribution in [3.63, 3.8) is 0 Å². The van der Waals surface area contributed by atoms with Gasteiger partial charge < -0.3 is 9.47 Å². The number of hydrogen-bond acceptors (Lipinski definition) is 3. The molecule has 0 atom stereocenters. The quantitative estimate of drug-likeness (QED) is 0.606. The van der Waals surface area contributed by atoms with Crippen molar-refractivity contribution in [2.45, 2.75) is 39.2 Å². The molecule has 31 heavy (non-hydrogen) atoms. The van der Waals surface area contributed by atoms with E-state index in [0.29, 0.717) is 49.5 Å². The summed E-state index contributed by atoms with van der Waals surface area (Å²) in [6.45, 7) is 5.41. The summed E-state index contributed by atoms with van der Waals surface area (Å²) in [6.07, 6.45) is 3.87. The zero-order valence-corrected chi connectivity index (χ0v) is 18.0. The maximum absolute atomic E-state index is 12.9. The highest BCUT2D eigenvalue weighted by Gasteiger charge is 2.28. The Labute approximate surface area is 182 Å². The van der Waals surface area contributed by atoms with Crippen LogP contribution in [0.5, 0.6) is 0 Å². The molecule has 0 saturated carbocycles. The lowest BCUT2D eigenvalue weighted by molar-refractivity contribution is -0.123. The number of fused-ring (bicyclic) bond motifs is 1. The van der Waals surface area contributed by atoms with Crippen LogP contribution in [-0.2, 0) is 11.2 Å². The van der Waals surface area contributed by atoms with Crippen molar-refractivity contribution < 1.29 is 9.59 Å². The molecular formula is C26H27N3O2. The van der Waals surface area contributed by atoms with Gasteiger partial charge in [-0.05, 0) is 68.0 Å². The van der Waals surface area contributed by atoms with Crippen molar-refractivity contribution in [3.8, 4) is 6.07 Å². The van der Waals surface area contributed by atoms with Gasteiger partial charge in [-0.3, -0.25) is 9.59 Å².